The smallest absolute Gasteiger partial charge is 0.411 e. The summed E-state index contributed by atoms with van der Waals surface area (Å²) in [4.78, 5) is 35.6. The van der Waals surface area contributed by atoms with Crippen molar-refractivity contribution >= 4 is 56.7 Å². The van der Waals surface area contributed by atoms with Gasteiger partial charge in [-0.3, -0.25) is 10.1 Å². The maximum atomic E-state index is 12.9. The lowest BCUT2D eigenvalue weighted by Gasteiger charge is -2.20. The molecule has 0 aliphatic rings. The number of aromatic nitrogens is 2. The number of nitrogen functional groups attached to an aromatic ring is 1. The van der Waals surface area contributed by atoms with Crippen LogP contribution in [0.25, 0.3) is 21.5 Å². The summed E-state index contributed by atoms with van der Waals surface area (Å²) in [6.07, 6.45) is 1.32. The maximum Gasteiger partial charge on any atom is 0.411 e. The van der Waals surface area contributed by atoms with Crippen molar-refractivity contribution in [3.63, 3.8) is 0 Å². The van der Waals surface area contributed by atoms with Crippen molar-refractivity contribution in [3.05, 3.63) is 65.0 Å². The average Bonchev–Trinajstić information content (AvgIpc) is 3.18. The monoisotopic (exact) mass is 521 g/mol. The first kappa shape index (κ1) is 25.5. The van der Waals surface area contributed by atoms with E-state index in [1.54, 1.807) is 12.1 Å². The fraction of sp³-hybridized carbons (Fsp3) is 0.231. The number of nitrogens with two attached hydrogens (primary N) is 1. The van der Waals surface area contributed by atoms with Gasteiger partial charge in [-0.2, -0.15) is 0 Å². The van der Waals surface area contributed by atoms with Crippen LogP contribution < -0.4 is 16.4 Å². The van der Waals surface area contributed by atoms with E-state index in [-0.39, 0.29) is 12.5 Å². The van der Waals surface area contributed by atoms with Gasteiger partial charge in [0, 0.05) is 16.8 Å². The molecule has 0 atom stereocenters. The van der Waals surface area contributed by atoms with E-state index >= 15 is 0 Å². The lowest BCUT2D eigenvalue weighted by atomic mass is 10.1. The van der Waals surface area contributed by atoms with E-state index in [9.17, 15) is 9.59 Å². The number of hydrogen-bond acceptors (Lipinski definition) is 8. The number of fused-ring (bicyclic) bond motifs is 1. The van der Waals surface area contributed by atoms with Gasteiger partial charge in [0.15, 0.2) is 5.16 Å². The Morgan fingerprint density at radius 3 is 2.53 bits per heavy atom. The zero-order valence-corrected chi connectivity index (χ0v) is 22.0. The number of nitrogens with zero attached hydrogens (tertiary/aromatic N) is 2. The molecule has 4 N–H and O–H groups in total. The Kier molecular flexibility index (Phi) is 7.46. The highest BCUT2D eigenvalue weighted by atomic mass is 32.2. The zero-order chi connectivity index (χ0) is 25.9. The first-order valence-electron chi connectivity index (χ1n) is 11.2. The summed E-state index contributed by atoms with van der Waals surface area (Å²) in [6, 6.07) is 16.7. The van der Waals surface area contributed by atoms with Gasteiger partial charge in [0.25, 0.3) is 5.91 Å². The molecule has 0 saturated carbocycles. The predicted molar refractivity (Wildman–Crippen MR) is 147 cm³/mol. The minimum absolute atomic E-state index is 0.167. The first-order valence-corrected chi connectivity index (χ1v) is 13.2. The van der Waals surface area contributed by atoms with Crippen molar-refractivity contribution in [2.75, 3.05) is 17.3 Å². The van der Waals surface area contributed by atoms with Crippen molar-refractivity contribution in [2.24, 2.45) is 0 Å². The summed E-state index contributed by atoms with van der Waals surface area (Å²) in [5, 5.41) is 6.89. The molecule has 0 bridgehead atoms. The minimum atomic E-state index is -0.565. The molecule has 2 aromatic carbocycles. The number of hydrogen-bond donors (Lipinski definition) is 3. The molecule has 2 heterocycles. The normalized spacial score (nSPS) is 11.3. The van der Waals surface area contributed by atoms with Gasteiger partial charge in [-0.15, -0.1) is 11.3 Å². The SMILES string of the molecule is CSc1nc(-c2cccc(NC(=O)OCc3ccccc3)c2)c2c(N)c(C(=O)NC(C)(C)C)sc2n1. The van der Waals surface area contributed by atoms with Gasteiger partial charge in [-0.1, -0.05) is 54.2 Å². The van der Waals surface area contributed by atoms with Gasteiger partial charge < -0.3 is 15.8 Å². The molecule has 0 aliphatic heterocycles. The fourth-order valence-electron chi connectivity index (χ4n) is 3.49. The summed E-state index contributed by atoms with van der Waals surface area (Å²) < 4.78 is 5.33. The van der Waals surface area contributed by atoms with Crippen LogP contribution in [0.2, 0.25) is 0 Å². The lowest BCUT2D eigenvalue weighted by Crippen LogP contribution is -2.40. The van der Waals surface area contributed by atoms with Crippen LogP contribution in [0.3, 0.4) is 0 Å². The van der Waals surface area contributed by atoms with Crippen LogP contribution in [-0.2, 0) is 11.3 Å². The number of carbonyl (C=O) groups excluding carboxylic acids is 2. The van der Waals surface area contributed by atoms with Crippen LogP contribution in [0.15, 0.2) is 59.8 Å². The molecule has 0 spiro atoms. The Hall–Kier alpha value is -3.63. The summed E-state index contributed by atoms with van der Waals surface area (Å²) >= 11 is 2.64. The van der Waals surface area contributed by atoms with Crippen molar-refractivity contribution in [3.8, 4) is 11.3 Å². The molecule has 0 unspecified atom stereocenters. The average molecular weight is 522 g/mol. The lowest BCUT2D eigenvalue weighted by molar-refractivity contribution is 0.0924. The molecule has 186 valence electrons. The van der Waals surface area contributed by atoms with Crippen LogP contribution in [0.5, 0.6) is 0 Å². The Bertz CT molecular complexity index is 1410. The number of carbonyl (C=O) groups is 2. The molecular formula is C26H27N5O3S2. The molecule has 0 aliphatic carbocycles. The molecule has 10 heteroatoms. The van der Waals surface area contributed by atoms with E-state index in [4.69, 9.17) is 15.5 Å². The largest absolute Gasteiger partial charge is 0.444 e. The second kappa shape index (κ2) is 10.5. The van der Waals surface area contributed by atoms with Gasteiger partial charge in [-0.05, 0) is 44.7 Å². The summed E-state index contributed by atoms with van der Waals surface area (Å²) in [5.74, 6) is -0.253. The third-order valence-corrected chi connectivity index (χ3v) is 6.69. The molecule has 0 fully saturated rings. The molecule has 4 rings (SSSR count). The molecule has 2 amide bonds. The van der Waals surface area contributed by atoms with E-state index in [1.165, 1.54) is 23.1 Å². The molecule has 8 nitrogen and oxygen atoms in total. The van der Waals surface area contributed by atoms with Crippen LogP contribution in [-0.4, -0.2) is 33.8 Å². The predicted octanol–water partition coefficient (Wildman–Crippen LogP) is 5.94. The number of thiophene rings is 1. The highest BCUT2D eigenvalue weighted by Crippen LogP contribution is 2.40. The van der Waals surface area contributed by atoms with Gasteiger partial charge in [0.05, 0.1) is 16.8 Å². The molecule has 0 radical (unpaired) electrons. The van der Waals surface area contributed by atoms with Crippen LogP contribution in [0.1, 0.15) is 36.0 Å². The highest BCUT2D eigenvalue weighted by molar-refractivity contribution is 7.98. The van der Waals surface area contributed by atoms with E-state index in [1.807, 2.05) is 69.5 Å². The van der Waals surface area contributed by atoms with Crippen molar-refractivity contribution < 1.29 is 14.3 Å². The molecule has 0 saturated heterocycles. The number of rotatable bonds is 6. The van der Waals surface area contributed by atoms with Gasteiger partial charge in [0.2, 0.25) is 0 Å². The maximum absolute atomic E-state index is 12.9. The van der Waals surface area contributed by atoms with E-state index < -0.39 is 11.6 Å². The van der Waals surface area contributed by atoms with Gasteiger partial charge in [-0.25, -0.2) is 14.8 Å². The molecule has 4 aromatic rings. The van der Waals surface area contributed by atoms with E-state index in [2.05, 4.69) is 15.6 Å². The topological polar surface area (TPSA) is 119 Å². The Balaban J connectivity index is 1.65. The molecular weight excluding hydrogens is 494 g/mol. The first-order chi connectivity index (χ1) is 17.1. The number of ether oxygens (including phenoxy) is 1. The molecule has 2 aromatic heterocycles. The van der Waals surface area contributed by atoms with Crippen LogP contribution >= 0.6 is 23.1 Å². The minimum Gasteiger partial charge on any atom is -0.444 e. The van der Waals surface area contributed by atoms with E-state index in [0.717, 1.165) is 11.1 Å². The van der Waals surface area contributed by atoms with Crippen LogP contribution in [0.4, 0.5) is 16.2 Å². The number of nitrogens with one attached hydrogen (secondary N) is 2. The second-order valence-electron chi connectivity index (χ2n) is 9.06. The highest BCUT2D eigenvalue weighted by Gasteiger charge is 2.24. The number of thioether (sulfide) groups is 1. The third kappa shape index (κ3) is 5.95. The standard InChI is InChI=1S/C26H27N5O3S2/c1-26(2,3)31-22(32)21-19(27)18-20(29-24(35-4)30-23(18)36-21)16-11-8-12-17(13-16)28-25(33)34-14-15-9-6-5-7-10-15/h5-13H,14,27H2,1-4H3,(H,28,33)(H,31,32). The number of anilines is 2. The summed E-state index contributed by atoms with van der Waals surface area (Å²) in [6.45, 7) is 5.90. The number of benzene rings is 2. The van der Waals surface area contributed by atoms with Crippen molar-refractivity contribution in [1.29, 1.82) is 0 Å². The van der Waals surface area contributed by atoms with Crippen molar-refractivity contribution in [2.45, 2.75) is 38.1 Å². The Morgan fingerprint density at radius 1 is 1.08 bits per heavy atom. The summed E-state index contributed by atoms with van der Waals surface area (Å²) in [7, 11) is 0. The Morgan fingerprint density at radius 2 is 1.83 bits per heavy atom. The van der Waals surface area contributed by atoms with E-state index in [0.29, 0.717) is 37.3 Å². The van der Waals surface area contributed by atoms with Crippen LogP contribution in [0, 0.1) is 0 Å². The summed E-state index contributed by atoms with van der Waals surface area (Å²) in [5.41, 5.74) is 9.16. The zero-order valence-electron chi connectivity index (χ0n) is 20.4. The van der Waals surface area contributed by atoms with Gasteiger partial charge >= 0.3 is 6.09 Å². The van der Waals surface area contributed by atoms with Crippen molar-refractivity contribution in [1.82, 2.24) is 15.3 Å². The van der Waals surface area contributed by atoms with Gasteiger partial charge in [0.1, 0.15) is 16.3 Å². The molecule has 36 heavy (non-hydrogen) atoms. The Labute approximate surface area is 217 Å². The quantitative estimate of drug-likeness (QED) is 0.212. The third-order valence-electron chi connectivity index (χ3n) is 5.04. The second-order valence-corrected chi connectivity index (χ2v) is 10.8. The number of amides is 2. The fourth-order valence-corrected chi connectivity index (χ4v) is 4.90.